The quantitative estimate of drug-likeness (QED) is 0.529. The maximum atomic E-state index is 13.2. The number of aromatic amines is 1. The molecule has 0 unspecified atom stereocenters. The molecule has 8 heteroatoms. The Kier molecular flexibility index (Phi) is 5.05. The molecular weight excluding hydrogens is 404 g/mol. The minimum absolute atomic E-state index is 0.0253. The topological polar surface area (TPSA) is 95.1 Å². The van der Waals surface area contributed by atoms with Gasteiger partial charge in [-0.3, -0.25) is 9.59 Å². The van der Waals surface area contributed by atoms with E-state index in [1.807, 2.05) is 54.0 Å². The number of H-pyrrole nitrogens is 1. The standard InChI is InChI=1S/C24H24N6O2/c1-15-16(2)28-22-13-18(5-7-20(22)27-15)24(32)30-9-3-8-29(10-11-30)23(31)17-4-6-19-21(12-17)26-14-25-19/h4-7,12-14H,3,8-11H2,1-2H3,(H,25,26). The Balaban J connectivity index is 1.31. The van der Waals surface area contributed by atoms with Gasteiger partial charge in [-0.15, -0.1) is 0 Å². The van der Waals surface area contributed by atoms with Crippen LogP contribution in [0.2, 0.25) is 0 Å². The van der Waals surface area contributed by atoms with Crippen LogP contribution in [0.25, 0.3) is 22.1 Å². The van der Waals surface area contributed by atoms with Crippen LogP contribution in [0.15, 0.2) is 42.7 Å². The number of fused-ring (bicyclic) bond motifs is 2. The molecule has 1 aliphatic heterocycles. The van der Waals surface area contributed by atoms with Crippen molar-refractivity contribution in [3.63, 3.8) is 0 Å². The number of aryl methyl sites for hydroxylation is 2. The Labute approximate surface area is 185 Å². The summed E-state index contributed by atoms with van der Waals surface area (Å²) in [6, 6.07) is 10.9. The number of hydrogen-bond acceptors (Lipinski definition) is 5. The molecule has 2 amide bonds. The van der Waals surface area contributed by atoms with Gasteiger partial charge in [-0.25, -0.2) is 15.0 Å². The van der Waals surface area contributed by atoms with E-state index in [4.69, 9.17) is 0 Å². The molecule has 0 saturated carbocycles. The highest BCUT2D eigenvalue weighted by atomic mass is 16.2. The lowest BCUT2D eigenvalue weighted by Gasteiger charge is -2.22. The van der Waals surface area contributed by atoms with E-state index in [1.165, 1.54) is 0 Å². The number of benzene rings is 2. The van der Waals surface area contributed by atoms with E-state index < -0.39 is 0 Å². The fourth-order valence-corrected chi connectivity index (χ4v) is 4.12. The predicted octanol–water partition coefficient (Wildman–Crippen LogP) is 3.11. The molecule has 5 rings (SSSR count). The van der Waals surface area contributed by atoms with Crippen molar-refractivity contribution in [1.82, 2.24) is 29.7 Å². The molecule has 4 aromatic rings. The monoisotopic (exact) mass is 428 g/mol. The maximum absolute atomic E-state index is 13.2. The van der Waals surface area contributed by atoms with Crippen molar-refractivity contribution >= 4 is 33.9 Å². The molecule has 0 atom stereocenters. The van der Waals surface area contributed by atoms with Crippen molar-refractivity contribution in [3.8, 4) is 0 Å². The van der Waals surface area contributed by atoms with Crippen LogP contribution in [-0.2, 0) is 0 Å². The molecule has 0 bridgehead atoms. The van der Waals surface area contributed by atoms with Crippen LogP contribution in [0, 0.1) is 13.8 Å². The smallest absolute Gasteiger partial charge is 0.253 e. The highest BCUT2D eigenvalue weighted by Crippen LogP contribution is 2.18. The lowest BCUT2D eigenvalue weighted by atomic mass is 10.1. The average Bonchev–Trinajstić information content (AvgIpc) is 3.13. The SMILES string of the molecule is Cc1nc2ccc(C(=O)N3CCCN(C(=O)c4ccc5nc[nH]c5c4)CC3)cc2nc1C. The largest absolute Gasteiger partial charge is 0.345 e. The number of amides is 2. The van der Waals surface area contributed by atoms with Gasteiger partial charge in [0.05, 0.1) is 39.8 Å². The van der Waals surface area contributed by atoms with Gasteiger partial charge in [-0.05, 0) is 56.7 Å². The lowest BCUT2D eigenvalue weighted by Crippen LogP contribution is -2.37. The van der Waals surface area contributed by atoms with Crippen molar-refractivity contribution in [2.75, 3.05) is 26.2 Å². The first-order valence-corrected chi connectivity index (χ1v) is 10.8. The van der Waals surface area contributed by atoms with Gasteiger partial charge in [0.2, 0.25) is 0 Å². The first-order chi connectivity index (χ1) is 15.5. The third-order valence-corrected chi connectivity index (χ3v) is 6.06. The van der Waals surface area contributed by atoms with Crippen LogP contribution in [-0.4, -0.2) is 67.7 Å². The third-order valence-electron chi connectivity index (χ3n) is 6.06. The molecule has 0 aliphatic carbocycles. The van der Waals surface area contributed by atoms with E-state index in [0.29, 0.717) is 37.3 Å². The molecule has 32 heavy (non-hydrogen) atoms. The third kappa shape index (κ3) is 3.68. The Morgan fingerprint density at radius 2 is 1.38 bits per heavy atom. The van der Waals surface area contributed by atoms with Crippen molar-refractivity contribution < 1.29 is 9.59 Å². The summed E-state index contributed by atoms with van der Waals surface area (Å²) in [7, 11) is 0. The molecule has 3 heterocycles. The predicted molar refractivity (Wildman–Crippen MR) is 122 cm³/mol. The number of hydrogen-bond donors (Lipinski definition) is 1. The summed E-state index contributed by atoms with van der Waals surface area (Å²) in [5.74, 6) is -0.0669. The van der Waals surface area contributed by atoms with Gasteiger partial charge in [0, 0.05) is 37.3 Å². The minimum atomic E-state index is -0.0416. The summed E-state index contributed by atoms with van der Waals surface area (Å²) in [4.78, 5) is 46.2. The molecule has 1 fully saturated rings. The highest BCUT2D eigenvalue weighted by molar-refractivity contribution is 5.98. The summed E-state index contributed by atoms with van der Waals surface area (Å²) in [6.45, 7) is 6.06. The first kappa shape index (κ1) is 20.1. The Hall–Kier alpha value is -3.81. The van der Waals surface area contributed by atoms with Crippen LogP contribution in [0.4, 0.5) is 0 Å². The summed E-state index contributed by atoms with van der Waals surface area (Å²) in [6.07, 6.45) is 2.35. The van der Waals surface area contributed by atoms with Crippen molar-refractivity contribution in [2.24, 2.45) is 0 Å². The van der Waals surface area contributed by atoms with Gasteiger partial charge in [0.25, 0.3) is 11.8 Å². The zero-order valence-electron chi connectivity index (χ0n) is 18.1. The molecule has 0 spiro atoms. The number of imidazole rings is 1. The van der Waals surface area contributed by atoms with Crippen molar-refractivity contribution in [3.05, 3.63) is 65.2 Å². The molecule has 0 radical (unpaired) electrons. The van der Waals surface area contributed by atoms with Gasteiger partial charge in [0.1, 0.15) is 0 Å². The summed E-state index contributed by atoms with van der Waals surface area (Å²) in [5.41, 5.74) is 6.15. The molecule has 8 nitrogen and oxygen atoms in total. The van der Waals surface area contributed by atoms with E-state index in [-0.39, 0.29) is 11.8 Å². The number of carbonyl (C=O) groups is 2. The Morgan fingerprint density at radius 1 is 0.781 bits per heavy atom. The van der Waals surface area contributed by atoms with Gasteiger partial charge < -0.3 is 14.8 Å². The van der Waals surface area contributed by atoms with Gasteiger partial charge >= 0.3 is 0 Å². The van der Waals surface area contributed by atoms with Crippen molar-refractivity contribution in [1.29, 1.82) is 0 Å². The maximum Gasteiger partial charge on any atom is 0.253 e. The molecule has 2 aromatic heterocycles. The molecule has 1 N–H and O–H groups in total. The second-order valence-electron chi connectivity index (χ2n) is 8.17. The highest BCUT2D eigenvalue weighted by Gasteiger charge is 2.24. The summed E-state index contributed by atoms with van der Waals surface area (Å²) >= 11 is 0. The number of carbonyl (C=O) groups excluding carboxylic acids is 2. The van der Waals surface area contributed by atoms with E-state index >= 15 is 0 Å². The van der Waals surface area contributed by atoms with E-state index in [9.17, 15) is 9.59 Å². The molecule has 1 aliphatic rings. The van der Waals surface area contributed by atoms with Crippen LogP contribution >= 0.6 is 0 Å². The first-order valence-electron chi connectivity index (χ1n) is 10.8. The average molecular weight is 428 g/mol. The Morgan fingerprint density at radius 3 is 2.06 bits per heavy atom. The lowest BCUT2D eigenvalue weighted by molar-refractivity contribution is 0.0719. The zero-order chi connectivity index (χ0) is 22.2. The van der Waals surface area contributed by atoms with Gasteiger partial charge in [0.15, 0.2) is 0 Å². The van der Waals surface area contributed by atoms with Gasteiger partial charge in [-0.1, -0.05) is 0 Å². The van der Waals surface area contributed by atoms with Crippen LogP contribution in [0.3, 0.4) is 0 Å². The van der Waals surface area contributed by atoms with Crippen LogP contribution in [0.5, 0.6) is 0 Å². The molecule has 162 valence electrons. The fraction of sp³-hybridized carbons (Fsp3) is 0.292. The normalized spacial score (nSPS) is 14.7. The van der Waals surface area contributed by atoms with E-state index in [1.54, 1.807) is 12.4 Å². The number of nitrogens with zero attached hydrogens (tertiary/aromatic N) is 5. The molecular formula is C24H24N6O2. The number of nitrogens with one attached hydrogen (secondary N) is 1. The Bertz CT molecular complexity index is 1350. The van der Waals surface area contributed by atoms with E-state index in [0.717, 1.165) is 39.9 Å². The van der Waals surface area contributed by atoms with Crippen LogP contribution < -0.4 is 0 Å². The second-order valence-corrected chi connectivity index (χ2v) is 8.17. The van der Waals surface area contributed by atoms with E-state index in [2.05, 4.69) is 19.9 Å². The zero-order valence-corrected chi connectivity index (χ0v) is 18.1. The second kappa shape index (κ2) is 8.03. The number of rotatable bonds is 2. The minimum Gasteiger partial charge on any atom is -0.345 e. The number of aromatic nitrogens is 4. The summed E-state index contributed by atoms with van der Waals surface area (Å²) < 4.78 is 0. The summed E-state index contributed by atoms with van der Waals surface area (Å²) in [5, 5.41) is 0. The molecule has 2 aromatic carbocycles. The molecule has 1 saturated heterocycles. The fourth-order valence-electron chi connectivity index (χ4n) is 4.12. The van der Waals surface area contributed by atoms with Crippen LogP contribution in [0.1, 0.15) is 38.5 Å². The van der Waals surface area contributed by atoms with Crippen molar-refractivity contribution in [2.45, 2.75) is 20.3 Å². The van der Waals surface area contributed by atoms with Gasteiger partial charge in [-0.2, -0.15) is 0 Å².